The molecule has 1 aliphatic carbocycles. The number of imidazole rings is 1. The second-order valence-corrected chi connectivity index (χ2v) is 10.9. The molecule has 35 heavy (non-hydrogen) atoms. The van der Waals surface area contributed by atoms with Gasteiger partial charge in [-0.05, 0) is 73.8 Å². The van der Waals surface area contributed by atoms with Crippen LogP contribution in [0.2, 0.25) is 0 Å². The molecule has 1 N–H and O–H groups in total. The smallest absolute Gasteiger partial charge is 0.223 e. The third kappa shape index (κ3) is 7.33. The van der Waals surface area contributed by atoms with Crippen LogP contribution in [0.15, 0.2) is 48.5 Å². The quantitative estimate of drug-likeness (QED) is 0.290. The Hall–Kier alpha value is -2.82. The Morgan fingerprint density at radius 2 is 1.77 bits per heavy atom. The summed E-state index contributed by atoms with van der Waals surface area (Å²) in [6, 6.07) is 16.9. The zero-order valence-electron chi connectivity index (χ0n) is 21.7. The Kier molecular flexibility index (Phi) is 8.48. The predicted molar refractivity (Wildman–Crippen MR) is 143 cm³/mol. The van der Waals surface area contributed by atoms with Crippen LogP contribution >= 0.6 is 0 Å². The lowest BCUT2D eigenvalue weighted by Crippen LogP contribution is -2.25. The first kappa shape index (κ1) is 25.3. The first-order chi connectivity index (χ1) is 16.9. The summed E-state index contributed by atoms with van der Waals surface area (Å²) in [4.78, 5) is 16.7. The number of nitrogens with zero attached hydrogens (tertiary/aromatic N) is 2. The fraction of sp³-hybridized carbons (Fsp3) is 0.533. The third-order valence-electron chi connectivity index (χ3n) is 6.82. The Morgan fingerprint density at radius 1 is 1.00 bits per heavy atom. The summed E-state index contributed by atoms with van der Waals surface area (Å²) in [5.41, 5.74) is 3.79. The second kappa shape index (κ2) is 11.7. The fourth-order valence-electron chi connectivity index (χ4n) is 4.47. The number of aryl methyl sites for hydroxylation is 2. The molecule has 0 bridgehead atoms. The van der Waals surface area contributed by atoms with E-state index < -0.39 is 0 Å². The monoisotopic (exact) mass is 475 g/mol. The molecule has 5 heteroatoms. The zero-order chi connectivity index (χ0) is 24.7. The van der Waals surface area contributed by atoms with Crippen molar-refractivity contribution in [3.05, 3.63) is 59.9 Å². The van der Waals surface area contributed by atoms with Gasteiger partial charge in [0, 0.05) is 25.4 Å². The standard InChI is InChI=1S/C30H41N3O2/c1-30(2,3)24-16-18-25(19-17-24)35-22-10-9-21-33-27-12-7-6-11-26(27)32-28(33)13-5-4-8-20-31-29(34)23-14-15-23/h6-7,11-12,16-19,23H,4-5,8-10,13-15,20-22H2,1-3H3,(H,31,34). The maximum absolute atomic E-state index is 11.7. The van der Waals surface area contributed by atoms with Crippen LogP contribution in [0, 0.1) is 5.92 Å². The van der Waals surface area contributed by atoms with Crippen LogP contribution in [0.1, 0.15) is 77.1 Å². The number of amides is 1. The van der Waals surface area contributed by atoms with Crippen molar-refractivity contribution in [3.63, 3.8) is 0 Å². The molecule has 2 aromatic carbocycles. The number of fused-ring (bicyclic) bond motifs is 1. The van der Waals surface area contributed by atoms with Crippen molar-refractivity contribution in [2.24, 2.45) is 5.92 Å². The van der Waals surface area contributed by atoms with Crippen molar-refractivity contribution in [3.8, 4) is 5.75 Å². The molecular formula is C30H41N3O2. The van der Waals surface area contributed by atoms with Crippen LogP contribution in [0.5, 0.6) is 5.75 Å². The van der Waals surface area contributed by atoms with Gasteiger partial charge in [-0.2, -0.15) is 0 Å². The van der Waals surface area contributed by atoms with Crippen molar-refractivity contribution in [1.29, 1.82) is 0 Å². The molecule has 1 amide bonds. The predicted octanol–water partition coefficient (Wildman–Crippen LogP) is 6.43. The number of hydrogen-bond acceptors (Lipinski definition) is 3. The van der Waals surface area contributed by atoms with Crippen LogP contribution in [-0.4, -0.2) is 28.6 Å². The van der Waals surface area contributed by atoms with Gasteiger partial charge >= 0.3 is 0 Å². The minimum atomic E-state index is 0.162. The molecule has 5 nitrogen and oxygen atoms in total. The molecule has 0 spiro atoms. The van der Waals surface area contributed by atoms with Gasteiger partial charge in [0.2, 0.25) is 5.91 Å². The molecule has 0 aliphatic heterocycles. The van der Waals surface area contributed by atoms with E-state index in [2.05, 4.69) is 79.2 Å². The summed E-state index contributed by atoms with van der Waals surface area (Å²) in [6.45, 7) is 9.17. The first-order valence-electron chi connectivity index (χ1n) is 13.4. The number of hydrogen-bond donors (Lipinski definition) is 1. The van der Waals surface area contributed by atoms with Gasteiger partial charge in [-0.25, -0.2) is 4.98 Å². The van der Waals surface area contributed by atoms with E-state index in [1.54, 1.807) is 0 Å². The van der Waals surface area contributed by atoms with Crippen LogP contribution in [0.3, 0.4) is 0 Å². The van der Waals surface area contributed by atoms with Crippen molar-refractivity contribution < 1.29 is 9.53 Å². The lowest BCUT2D eigenvalue weighted by Gasteiger charge is -2.19. The molecule has 4 rings (SSSR count). The Bertz CT molecular complexity index is 1090. The molecule has 0 atom stereocenters. The summed E-state index contributed by atoms with van der Waals surface area (Å²) in [7, 11) is 0. The highest BCUT2D eigenvalue weighted by atomic mass is 16.5. The molecule has 1 saturated carbocycles. The Labute approximate surface area is 210 Å². The number of rotatable bonds is 13. The van der Waals surface area contributed by atoms with E-state index in [9.17, 15) is 4.79 Å². The molecule has 1 aliphatic rings. The number of unbranched alkanes of at least 4 members (excludes halogenated alkanes) is 3. The van der Waals surface area contributed by atoms with E-state index in [0.29, 0.717) is 5.92 Å². The highest BCUT2D eigenvalue weighted by Gasteiger charge is 2.28. The average Bonchev–Trinajstić information content (AvgIpc) is 3.63. The normalized spacial score (nSPS) is 13.8. The van der Waals surface area contributed by atoms with Crippen LogP contribution in [0.4, 0.5) is 0 Å². The summed E-state index contributed by atoms with van der Waals surface area (Å²) < 4.78 is 8.39. The Morgan fingerprint density at radius 3 is 2.51 bits per heavy atom. The maximum Gasteiger partial charge on any atom is 0.223 e. The SMILES string of the molecule is CC(C)(C)c1ccc(OCCCCn2c(CCCCCNC(=O)C3CC3)nc3ccccc32)cc1. The molecule has 0 unspecified atom stereocenters. The minimum Gasteiger partial charge on any atom is -0.494 e. The zero-order valence-corrected chi connectivity index (χ0v) is 21.7. The van der Waals surface area contributed by atoms with Crippen LogP contribution in [-0.2, 0) is 23.2 Å². The van der Waals surface area contributed by atoms with Crippen molar-refractivity contribution in [2.75, 3.05) is 13.2 Å². The minimum absolute atomic E-state index is 0.162. The fourth-order valence-corrected chi connectivity index (χ4v) is 4.47. The number of para-hydroxylation sites is 2. The van der Waals surface area contributed by atoms with Crippen molar-refractivity contribution >= 4 is 16.9 Å². The molecule has 188 valence electrons. The van der Waals surface area contributed by atoms with Crippen LogP contribution < -0.4 is 10.1 Å². The highest BCUT2D eigenvalue weighted by molar-refractivity contribution is 5.80. The van der Waals surface area contributed by atoms with Gasteiger partial charge in [-0.3, -0.25) is 4.79 Å². The van der Waals surface area contributed by atoms with E-state index in [4.69, 9.17) is 9.72 Å². The molecule has 3 aromatic rings. The number of benzene rings is 2. The van der Waals surface area contributed by atoms with Gasteiger partial charge < -0.3 is 14.6 Å². The maximum atomic E-state index is 11.7. The van der Waals surface area contributed by atoms with E-state index >= 15 is 0 Å². The first-order valence-corrected chi connectivity index (χ1v) is 13.4. The van der Waals surface area contributed by atoms with Crippen molar-refractivity contribution in [1.82, 2.24) is 14.9 Å². The molecule has 0 radical (unpaired) electrons. The summed E-state index contributed by atoms with van der Waals surface area (Å²) >= 11 is 0. The van der Waals surface area contributed by atoms with Gasteiger partial charge in [0.15, 0.2) is 0 Å². The van der Waals surface area contributed by atoms with E-state index in [1.165, 1.54) is 16.9 Å². The summed E-state index contributed by atoms with van der Waals surface area (Å²) in [5, 5.41) is 3.07. The van der Waals surface area contributed by atoms with Gasteiger partial charge in [0.05, 0.1) is 17.6 Å². The van der Waals surface area contributed by atoms with Crippen LogP contribution in [0.25, 0.3) is 11.0 Å². The van der Waals surface area contributed by atoms with Gasteiger partial charge in [-0.1, -0.05) is 51.5 Å². The van der Waals surface area contributed by atoms with Gasteiger partial charge in [0.25, 0.3) is 0 Å². The average molecular weight is 476 g/mol. The van der Waals surface area contributed by atoms with E-state index in [0.717, 1.165) is 82.3 Å². The highest BCUT2D eigenvalue weighted by Crippen LogP contribution is 2.28. The number of carbonyl (C=O) groups excluding carboxylic acids is 1. The topological polar surface area (TPSA) is 56.1 Å². The second-order valence-electron chi connectivity index (χ2n) is 10.9. The Balaban J connectivity index is 1.21. The van der Waals surface area contributed by atoms with Gasteiger partial charge in [-0.15, -0.1) is 0 Å². The molecule has 0 saturated heterocycles. The van der Waals surface area contributed by atoms with Gasteiger partial charge in [0.1, 0.15) is 11.6 Å². The third-order valence-corrected chi connectivity index (χ3v) is 6.82. The van der Waals surface area contributed by atoms with E-state index in [-0.39, 0.29) is 11.3 Å². The number of carbonyl (C=O) groups is 1. The molecule has 1 heterocycles. The lowest BCUT2D eigenvalue weighted by atomic mass is 9.87. The largest absolute Gasteiger partial charge is 0.494 e. The molecule has 1 aromatic heterocycles. The van der Waals surface area contributed by atoms with E-state index in [1.807, 2.05) is 0 Å². The number of nitrogens with one attached hydrogen (secondary N) is 1. The lowest BCUT2D eigenvalue weighted by molar-refractivity contribution is -0.122. The summed E-state index contributed by atoms with van der Waals surface area (Å²) in [5.74, 6) is 2.67. The molecule has 1 fully saturated rings. The summed E-state index contributed by atoms with van der Waals surface area (Å²) in [6.07, 6.45) is 8.41. The number of ether oxygens (including phenoxy) is 1. The van der Waals surface area contributed by atoms with Crippen molar-refractivity contribution in [2.45, 2.75) is 84.1 Å². The molecular weight excluding hydrogens is 434 g/mol. The number of aromatic nitrogens is 2.